The molecule has 19 heavy (non-hydrogen) atoms. The zero-order chi connectivity index (χ0) is 14.0. The number of methoxy groups -OCH3 is 1. The number of rotatable bonds is 4. The number of nitrogens with zero attached hydrogens (tertiary/aromatic N) is 2. The summed E-state index contributed by atoms with van der Waals surface area (Å²) in [5.41, 5.74) is 0.546. The van der Waals surface area contributed by atoms with E-state index < -0.39 is 21.9 Å². The number of carbonyl (C=O) groups excluding carboxylic acids is 1. The molecule has 2 heterocycles. The molecule has 2 rings (SSSR count). The van der Waals surface area contributed by atoms with Crippen molar-refractivity contribution in [3.05, 3.63) is 18.3 Å². The van der Waals surface area contributed by atoms with Crippen molar-refractivity contribution in [2.45, 2.75) is 6.42 Å². The first kappa shape index (κ1) is 13.7. The third kappa shape index (κ3) is 3.40. The number of hydrogen-bond donors (Lipinski definition) is 0. The Hall–Kier alpha value is -1.70. The highest BCUT2D eigenvalue weighted by atomic mass is 32.3. The second-order valence-electron chi connectivity index (χ2n) is 4.34. The summed E-state index contributed by atoms with van der Waals surface area (Å²) in [6, 6.07) is 3.25. The summed E-state index contributed by atoms with van der Waals surface area (Å²) in [6.07, 6.45) is 1.48. The van der Waals surface area contributed by atoms with Gasteiger partial charge in [0.25, 0.3) is 0 Å². The van der Waals surface area contributed by atoms with E-state index in [-0.39, 0.29) is 18.9 Å². The fraction of sp³-hybridized carbons (Fsp3) is 0.455. The van der Waals surface area contributed by atoms with Crippen molar-refractivity contribution >= 4 is 21.8 Å². The first-order chi connectivity index (χ1) is 8.89. The molecule has 1 atom stereocenters. The van der Waals surface area contributed by atoms with Crippen LogP contribution in [0, 0.1) is 5.92 Å². The normalized spacial score (nSPS) is 19.8. The molecule has 0 saturated carbocycles. The fourth-order valence-corrected chi connectivity index (χ4v) is 2.86. The van der Waals surface area contributed by atoms with Crippen LogP contribution in [0.25, 0.3) is 0 Å². The second kappa shape index (κ2) is 5.12. The van der Waals surface area contributed by atoms with Gasteiger partial charge in [-0.3, -0.25) is 4.79 Å². The summed E-state index contributed by atoms with van der Waals surface area (Å²) in [5.74, 6) is -0.970. The number of carbonyl (C=O) groups is 1. The van der Waals surface area contributed by atoms with Gasteiger partial charge in [0.15, 0.2) is 0 Å². The topological polar surface area (TPSA) is 76.6 Å². The predicted molar refractivity (Wildman–Crippen MR) is 66.1 cm³/mol. The lowest BCUT2D eigenvalue weighted by Crippen LogP contribution is -2.25. The largest absolute Gasteiger partial charge is 0.481 e. The molecule has 1 fully saturated rings. The van der Waals surface area contributed by atoms with Crippen LogP contribution in [0.1, 0.15) is 6.42 Å². The minimum Gasteiger partial charge on any atom is -0.481 e. The molecule has 6 nitrogen and oxygen atoms in total. The third-order valence-corrected chi connectivity index (χ3v) is 3.75. The molecule has 0 N–H and O–H groups in total. The van der Waals surface area contributed by atoms with E-state index in [4.69, 9.17) is 4.74 Å². The number of halogens is 1. The molecule has 1 aromatic rings. The van der Waals surface area contributed by atoms with E-state index in [1.165, 1.54) is 18.2 Å². The highest BCUT2D eigenvalue weighted by Crippen LogP contribution is 2.26. The zero-order valence-electron chi connectivity index (χ0n) is 10.2. The molecule has 0 aromatic carbocycles. The Balaban J connectivity index is 2.11. The van der Waals surface area contributed by atoms with E-state index in [1.807, 2.05) is 0 Å². The van der Waals surface area contributed by atoms with E-state index in [1.54, 1.807) is 12.1 Å². The zero-order valence-corrected chi connectivity index (χ0v) is 11.1. The maximum absolute atomic E-state index is 12.6. The summed E-state index contributed by atoms with van der Waals surface area (Å²) in [5, 5.41) is 0. The Morgan fingerprint density at radius 3 is 2.79 bits per heavy atom. The number of aromatic nitrogens is 1. The number of amides is 1. The fourth-order valence-electron chi connectivity index (χ4n) is 2.08. The van der Waals surface area contributed by atoms with E-state index in [0.717, 1.165) is 0 Å². The highest BCUT2D eigenvalue weighted by molar-refractivity contribution is 7.86. The molecule has 1 aliphatic heterocycles. The van der Waals surface area contributed by atoms with Crippen LogP contribution >= 0.6 is 0 Å². The molecular formula is C11H13FN2O4S. The number of hydrogen-bond acceptors (Lipinski definition) is 5. The molecule has 1 aliphatic rings. The lowest BCUT2D eigenvalue weighted by atomic mass is 10.1. The summed E-state index contributed by atoms with van der Waals surface area (Å²) < 4.78 is 38.7. The average Bonchev–Trinajstić information content (AvgIpc) is 2.68. The number of ether oxygens (including phenoxy) is 1. The van der Waals surface area contributed by atoms with Gasteiger partial charge in [-0.05, 0) is 6.07 Å². The van der Waals surface area contributed by atoms with Crippen LogP contribution < -0.4 is 9.64 Å². The third-order valence-electron chi connectivity index (χ3n) is 2.88. The van der Waals surface area contributed by atoms with Gasteiger partial charge >= 0.3 is 10.2 Å². The Morgan fingerprint density at radius 2 is 2.26 bits per heavy atom. The maximum Gasteiger partial charge on any atom is 0.302 e. The summed E-state index contributed by atoms with van der Waals surface area (Å²) in [7, 11) is -3.08. The van der Waals surface area contributed by atoms with Gasteiger partial charge in [-0.2, -0.15) is 8.42 Å². The van der Waals surface area contributed by atoms with Gasteiger partial charge in [0, 0.05) is 24.9 Å². The Bertz CT molecular complexity index is 573. The molecule has 104 valence electrons. The highest BCUT2D eigenvalue weighted by Gasteiger charge is 2.33. The number of pyridine rings is 1. The van der Waals surface area contributed by atoms with Crippen molar-refractivity contribution in [2.24, 2.45) is 5.92 Å². The minimum atomic E-state index is -4.56. The Labute approximate surface area is 110 Å². The van der Waals surface area contributed by atoms with Gasteiger partial charge in [0.05, 0.1) is 24.7 Å². The van der Waals surface area contributed by atoms with E-state index in [0.29, 0.717) is 11.6 Å². The smallest absolute Gasteiger partial charge is 0.302 e. The molecule has 1 amide bonds. The van der Waals surface area contributed by atoms with Crippen LogP contribution in [-0.4, -0.2) is 38.7 Å². The van der Waals surface area contributed by atoms with Crippen molar-refractivity contribution in [3.8, 4) is 5.88 Å². The van der Waals surface area contributed by atoms with Gasteiger partial charge in [-0.25, -0.2) is 4.98 Å². The van der Waals surface area contributed by atoms with Gasteiger partial charge in [-0.1, -0.05) is 0 Å². The lowest BCUT2D eigenvalue weighted by Gasteiger charge is -2.16. The molecule has 8 heteroatoms. The molecule has 1 unspecified atom stereocenters. The first-order valence-corrected chi connectivity index (χ1v) is 7.17. The molecule has 0 aliphatic carbocycles. The molecule has 0 radical (unpaired) electrons. The maximum atomic E-state index is 12.6. The van der Waals surface area contributed by atoms with Gasteiger partial charge in [0.2, 0.25) is 11.8 Å². The van der Waals surface area contributed by atoms with Crippen LogP contribution in [0.2, 0.25) is 0 Å². The average molecular weight is 288 g/mol. The van der Waals surface area contributed by atoms with Gasteiger partial charge < -0.3 is 9.64 Å². The standard InChI is InChI=1S/C11H13FN2O4S/c1-18-10-3-2-9(5-13-10)14-6-8(4-11(14)15)7-19(12,16)17/h2-3,5,8H,4,6-7H2,1H3. The number of anilines is 1. The monoisotopic (exact) mass is 288 g/mol. The minimum absolute atomic E-state index is 0.0230. The van der Waals surface area contributed by atoms with Crippen LogP contribution in [0.4, 0.5) is 9.57 Å². The van der Waals surface area contributed by atoms with Crippen molar-refractivity contribution in [1.82, 2.24) is 4.98 Å². The first-order valence-electron chi connectivity index (χ1n) is 5.62. The Kier molecular flexibility index (Phi) is 3.70. The van der Waals surface area contributed by atoms with Crippen LogP contribution in [-0.2, 0) is 15.0 Å². The summed E-state index contributed by atoms with van der Waals surface area (Å²) >= 11 is 0. The molecule has 1 saturated heterocycles. The van der Waals surface area contributed by atoms with Crippen molar-refractivity contribution in [1.29, 1.82) is 0 Å². The van der Waals surface area contributed by atoms with Crippen molar-refractivity contribution < 1.29 is 21.8 Å². The second-order valence-corrected chi connectivity index (χ2v) is 5.75. The molecule has 0 bridgehead atoms. The van der Waals surface area contributed by atoms with Crippen LogP contribution in [0.15, 0.2) is 18.3 Å². The van der Waals surface area contributed by atoms with E-state index >= 15 is 0 Å². The molecule has 1 aromatic heterocycles. The van der Waals surface area contributed by atoms with Crippen molar-refractivity contribution in [2.75, 3.05) is 24.3 Å². The van der Waals surface area contributed by atoms with Gasteiger partial charge in [0.1, 0.15) is 0 Å². The van der Waals surface area contributed by atoms with Gasteiger partial charge in [-0.15, -0.1) is 3.89 Å². The van der Waals surface area contributed by atoms with Crippen molar-refractivity contribution in [3.63, 3.8) is 0 Å². The lowest BCUT2D eigenvalue weighted by molar-refractivity contribution is -0.117. The summed E-state index contributed by atoms with van der Waals surface area (Å²) in [6.45, 7) is 0.177. The Morgan fingerprint density at radius 1 is 1.53 bits per heavy atom. The SMILES string of the molecule is COc1ccc(N2CC(CS(=O)(=O)F)CC2=O)cn1. The van der Waals surface area contributed by atoms with Crippen LogP contribution in [0.3, 0.4) is 0 Å². The predicted octanol–water partition coefficient (Wildman–Crippen LogP) is 0.742. The van der Waals surface area contributed by atoms with E-state index in [9.17, 15) is 17.1 Å². The summed E-state index contributed by atoms with van der Waals surface area (Å²) in [4.78, 5) is 17.1. The molecule has 0 spiro atoms. The quantitative estimate of drug-likeness (QED) is 0.764. The van der Waals surface area contributed by atoms with Crippen LogP contribution in [0.5, 0.6) is 5.88 Å². The molecular weight excluding hydrogens is 275 g/mol. The van der Waals surface area contributed by atoms with E-state index in [2.05, 4.69) is 4.98 Å².